The number of hydrogen-bond donors (Lipinski definition) is 0. The number of likely N-dealkylation sites (tertiary alicyclic amines) is 1. The number of aromatic nitrogens is 1. The lowest BCUT2D eigenvalue weighted by Gasteiger charge is -2.31. The zero-order valence-electron chi connectivity index (χ0n) is 23.8. The van der Waals surface area contributed by atoms with Crippen LogP contribution in [0.3, 0.4) is 0 Å². The molecule has 0 N–H and O–H groups in total. The van der Waals surface area contributed by atoms with E-state index in [1.807, 2.05) is 12.1 Å². The summed E-state index contributed by atoms with van der Waals surface area (Å²) in [5.41, 5.74) is 1.44. The predicted octanol–water partition coefficient (Wildman–Crippen LogP) is 3.90. The molecule has 2 saturated heterocycles. The van der Waals surface area contributed by atoms with Crippen molar-refractivity contribution in [1.29, 1.82) is 0 Å². The Morgan fingerprint density at radius 2 is 1.63 bits per heavy atom. The minimum absolute atomic E-state index is 0.106. The van der Waals surface area contributed by atoms with Crippen molar-refractivity contribution in [3.05, 3.63) is 74.2 Å². The summed E-state index contributed by atoms with van der Waals surface area (Å²) in [5.74, 6) is -2.10. The van der Waals surface area contributed by atoms with Gasteiger partial charge in [0.15, 0.2) is 0 Å². The number of thioether (sulfide) groups is 1. The van der Waals surface area contributed by atoms with E-state index in [9.17, 15) is 24.0 Å². The van der Waals surface area contributed by atoms with Gasteiger partial charge in [-0.05, 0) is 68.1 Å². The Hall–Kier alpha value is -3.90. The molecule has 3 aliphatic heterocycles. The average Bonchev–Trinajstić information content (AvgIpc) is 3.47. The molecule has 3 amide bonds. The van der Waals surface area contributed by atoms with Crippen molar-refractivity contribution in [2.75, 3.05) is 31.7 Å². The first-order valence-corrected chi connectivity index (χ1v) is 16.0. The van der Waals surface area contributed by atoms with E-state index in [4.69, 9.17) is 9.47 Å². The van der Waals surface area contributed by atoms with Gasteiger partial charge < -0.3 is 14.4 Å². The van der Waals surface area contributed by atoms with Gasteiger partial charge in [-0.25, -0.2) is 9.69 Å². The highest BCUT2D eigenvalue weighted by molar-refractivity contribution is 8.00. The number of methoxy groups -OCH3 is 1. The summed E-state index contributed by atoms with van der Waals surface area (Å²) in [6, 6.07) is 13.5. The van der Waals surface area contributed by atoms with Gasteiger partial charge >= 0.3 is 10.8 Å². The number of imide groups is 1. The van der Waals surface area contributed by atoms with Crippen molar-refractivity contribution in [1.82, 2.24) is 9.47 Å². The normalized spacial score (nSPS) is 21.4. The molecule has 6 rings (SSSR count). The van der Waals surface area contributed by atoms with E-state index in [0.717, 1.165) is 36.2 Å². The number of ether oxygens (including phenoxy) is 2. The number of rotatable bonds is 7. The number of thiazole rings is 1. The number of fused-ring (bicyclic) bond motifs is 2. The molecule has 0 aliphatic carbocycles. The smallest absolute Gasteiger partial charge is 0.338 e. The molecule has 3 aromatic rings. The van der Waals surface area contributed by atoms with Gasteiger partial charge in [-0.2, -0.15) is 0 Å². The number of amides is 3. The fourth-order valence-corrected chi connectivity index (χ4v) is 8.79. The molecule has 12 heteroatoms. The molecule has 2 aromatic carbocycles. The van der Waals surface area contributed by atoms with Crippen molar-refractivity contribution in [2.24, 2.45) is 5.92 Å². The number of carbonyl (C=O) groups is 4. The lowest BCUT2D eigenvalue weighted by molar-refractivity contribution is -0.133. The maximum absolute atomic E-state index is 14.1. The summed E-state index contributed by atoms with van der Waals surface area (Å²) in [7, 11) is 1.57. The summed E-state index contributed by atoms with van der Waals surface area (Å²) in [5, 5.41) is -0.245. The highest BCUT2D eigenvalue weighted by Crippen LogP contribution is 2.54. The summed E-state index contributed by atoms with van der Waals surface area (Å²) in [4.78, 5) is 70.1. The molecule has 3 atom stereocenters. The molecular weight excluding hydrogens is 590 g/mol. The molecule has 0 unspecified atom stereocenters. The number of anilines is 1. The summed E-state index contributed by atoms with van der Waals surface area (Å²) >= 11 is 2.21. The number of nitrogens with zero attached hydrogens (tertiary/aromatic N) is 3. The van der Waals surface area contributed by atoms with Crippen molar-refractivity contribution < 1.29 is 28.7 Å². The number of hydrogen-bond acceptors (Lipinski definition) is 9. The third-order valence-corrected chi connectivity index (χ3v) is 10.8. The largest absolute Gasteiger partial charge is 0.497 e. The van der Waals surface area contributed by atoms with Crippen LogP contribution in [0.25, 0.3) is 0 Å². The zero-order valence-corrected chi connectivity index (χ0v) is 25.4. The third kappa shape index (κ3) is 5.27. The standard InChI is InChI=1S/C31H31N3O7S2/c1-3-41-30(38)19-7-11-20(12-8-19)34-27(36)24-23(18-9-13-21(40-2)14-10-18)26-29(42-25(24)28(34)37)33(31(39)43-26)17-22(35)32-15-5-4-6-16-32/h7-14,23-25H,3-6,15-17H2,1-2H3/t23-,24+,25-/m0/s1. The molecule has 0 spiro atoms. The Labute approximate surface area is 256 Å². The fourth-order valence-electron chi connectivity index (χ4n) is 6.02. The molecule has 0 radical (unpaired) electrons. The lowest BCUT2D eigenvalue weighted by Crippen LogP contribution is -2.39. The van der Waals surface area contributed by atoms with Gasteiger partial charge in [0.05, 0.1) is 35.9 Å². The topological polar surface area (TPSA) is 115 Å². The van der Waals surface area contributed by atoms with Gasteiger partial charge in [-0.15, -0.1) is 0 Å². The monoisotopic (exact) mass is 621 g/mol. The van der Waals surface area contributed by atoms with Crippen molar-refractivity contribution in [3.8, 4) is 5.75 Å². The molecule has 0 bridgehead atoms. The van der Waals surface area contributed by atoms with E-state index in [1.54, 1.807) is 43.2 Å². The molecule has 10 nitrogen and oxygen atoms in total. The van der Waals surface area contributed by atoms with Gasteiger partial charge in [0.25, 0.3) is 0 Å². The molecule has 1 aromatic heterocycles. The van der Waals surface area contributed by atoms with Crippen LogP contribution in [0, 0.1) is 5.92 Å². The van der Waals surface area contributed by atoms with Crippen molar-refractivity contribution in [2.45, 2.75) is 48.9 Å². The second kappa shape index (κ2) is 12.0. The molecule has 2 fully saturated rings. The highest BCUT2D eigenvalue weighted by Gasteiger charge is 2.56. The predicted molar refractivity (Wildman–Crippen MR) is 162 cm³/mol. The number of benzene rings is 2. The van der Waals surface area contributed by atoms with Crippen LogP contribution in [0.5, 0.6) is 5.75 Å². The SMILES string of the molecule is CCOC(=O)c1ccc(N2C(=O)[C@@H]3[C@H](c4ccc(OC)cc4)c4sc(=O)n(CC(=O)N5CCCCC5)c4S[C@@H]3C2=O)cc1. The van der Waals surface area contributed by atoms with Crippen LogP contribution in [0.4, 0.5) is 5.69 Å². The first-order valence-electron chi connectivity index (χ1n) is 14.3. The molecule has 43 heavy (non-hydrogen) atoms. The number of piperidine rings is 1. The van der Waals surface area contributed by atoms with E-state index >= 15 is 0 Å². The second-order valence-corrected chi connectivity index (χ2v) is 12.8. The minimum atomic E-state index is -0.804. The maximum atomic E-state index is 14.1. The molecule has 0 saturated carbocycles. The van der Waals surface area contributed by atoms with E-state index in [-0.39, 0.29) is 29.8 Å². The molecular formula is C31H31N3O7S2. The Morgan fingerprint density at radius 1 is 0.930 bits per heavy atom. The number of carbonyl (C=O) groups excluding carboxylic acids is 4. The van der Waals surface area contributed by atoms with Crippen LogP contribution in [-0.2, 0) is 25.7 Å². The Kier molecular flexibility index (Phi) is 8.15. The molecule has 4 heterocycles. The molecule has 224 valence electrons. The van der Waals surface area contributed by atoms with Gasteiger partial charge in [0, 0.05) is 23.9 Å². The zero-order chi connectivity index (χ0) is 30.2. The summed E-state index contributed by atoms with van der Waals surface area (Å²) in [6.07, 6.45) is 2.96. The van der Waals surface area contributed by atoms with Crippen LogP contribution < -0.4 is 14.5 Å². The first kappa shape index (κ1) is 29.2. The van der Waals surface area contributed by atoms with Crippen LogP contribution in [-0.4, -0.2) is 65.2 Å². The van der Waals surface area contributed by atoms with Gasteiger partial charge in [-0.1, -0.05) is 35.2 Å². The van der Waals surface area contributed by atoms with E-state index in [0.29, 0.717) is 40.0 Å². The highest BCUT2D eigenvalue weighted by atomic mass is 32.2. The van der Waals surface area contributed by atoms with Crippen LogP contribution in [0.15, 0.2) is 58.4 Å². The first-order chi connectivity index (χ1) is 20.8. The quantitative estimate of drug-likeness (QED) is 0.288. The number of esters is 1. The summed E-state index contributed by atoms with van der Waals surface area (Å²) in [6.45, 7) is 3.18. The second-order valence-electron chi connectivity index (χ2n) is 10.7. The average molecular weight is 622 g/mol. The van der Waals surface area contributed by atoms with Crippen molar-refractivity contribution in [3.63, 3.8) is 0 Å². The van der Waals surface area contributed by atoms with E-state index in [1.165, 1.54) is 33.4 Å². The van der Waals surface area contributed by atoms with Gasteiger partial charge in [0.1, 0.15) is 17.5 Å². The lowest BCUT2D eigenvalue weighted by atomic mass is 9.83. The third-order valence-electron chi connectivity index (χ3n) is 8.16. The van der Waals surface area contributed by atoms with Crippen molar-refractivity contribution >= 4 is 52.5 Å². The Morgan fingerprint density at radius 3 is 2.28 bits per heavy atom. The summed E-state index contributed by atoms with van der Waals surface area (Å²) < 4.78 is 11.9. The van der Waals surface area contributed by atoms with Gasteiger partial charge in [-0.3, -0.25) is 23.7 Å². The van der Waals surface area contributed by atoms with Crippen LogP contribution in [0.2, 0.25) is 0 Å². The van der Waals surface area contributed by atoms with Crippen LogP contribution in [0.1, 0.15) is 52.9 Å². The molecule has 3 aliphatic rings. The van der Waals surface area contributed by atoms with E-state index < -0.39 is 29.0 Å². The fraction of sp³-hybridized carbons (Fsp3) is 0.387. The Bertz CT molecular complexity index is 1620. The van der Waals surface area contributed by atoms with E-state index in [2.05, 4.69) is 0 Å². The maximum Gasteiger partial charge on any atom is 0.338 e. The Balaban J connectivity index is 1.39. The minimum Gasteiger partial charge on any atom is -0.497 e. The van der Waals surface area contributed by atoms with Gasteiger partial charge in [0.2, 0.25) is 17.7 Å². The van der Waals surface area contributed by atoms with Crippen LogP contribution >= 0.6 is 23.1 Å².